The molecular formula is C25H34N6O3. The number of hydrogen-bond acceptors (Lipinski definition) is 7. The highest BCUT2D eigenvalue weighted by atomic mass is 16.4. The normalized spacial score (nSPS) is 30.4. The summed E-state index contributed by atoms with van der Waals surface area (Å²) in [6, 6.07) is 6.48. The van der Waals surface area contributed by atoms with E-state index < -0.39 is 0 Å². The number of aromatic nitrogens is 1. The number of oxazole rings is 1. The van der Waals surface area contributed by atoms with Crippen molar-refractivity contribution in [3.63, 3.8) is 0 Å². The fourth-order valence-corrected chi connectivity index (χ4v) is 5.98. The third-order valence-corrected chi connectivity index (χ3v) is 8.04. The molecule has 4 fully saturated rings. The van der Waals surface area contributed by atoms with E-state index in [9.17, 15) is 9.59 Å². The molecule has 2 N–H and O–H groups in total. The van der Waals surface area contributed by atoms with Crippen molar-refractivity contribution in [2.24, 2.45) is 11.8 Å². The number of benzene rings is 1. The van der Waals surface area contributed by atoms with Crippen LogP contribution in [0.2, 0.25) is 0 Å². The largest absolute Gasteiger partial charge is 0.423 e. The van der Waals surface area contributed by atoms with E-state index in [0.717, 1.165) is 57.4 Å². The lowest BCUT2D eigenvalue weighted by atomic mass is 9.82. The smallest absolute Gasteiger partial charge is 0.298 e. The summed E-state index contributed by atoms with van der Waals surface area (Å²) < 4.78 is 6.02. The van der Waals surface area contributed by atoms with Crippen molar-refractivity contribution >= 4 is 28.9 Å². The number of rotatable bonds is 3. The monoisotopic (exact) mass is 466 g/mol. The van der Waals surface area contributed by atoms with Crippen LogP contribution in [0.1, 0.15) is 49.4 Å². The number of piperazine rings is 1. The number of amides is 2. The minimum Gasteiger partial charge on any atom is -0.423 e. The Bertz CT molecular complexity index is 1080. The lowest BCUT2D eigenvalue weighted by Crippen LogP contribution is -2.69. The highest BCUT2D eigenvalue weighted by Crippen LogP contribution is 2.29. The Hall–Kier alpha value is -2.65. The van der Waals surface area contributed by atoms with Gasteiger partial charge in [0, 0.05) is 50.9 Å². The van der Waals surface area contributed by atoms with Crippen LogP contribution < -0.4 is 15.5 Å². The zero-order valence-electron chi connectivity index (χ0n) is 19.8. The van der Waals surface area contributed by atoms with Crippen LogP contribution in [0.5, 0.6) is 0 Å². The first-order valence-electron chi connectivity index (χ1n) is 12.8. The van der Waals surface area contributed by atoms with Crippen LogP contribution in [0.4, 0.5) is 6.01 Å². The van der Waals surface area contributed by atoms with E-state index in [-0.39, 0.29) is 30.1 Å². The maximum absolute atomic E-state index is 13.2. The van der Waals surface area contributed by atoms with Gasteiger partial charge in [0.25, 0.3) is 11.9 Å². The fourth-order valence-electron chi connectivity index (χ4n) is 5.98. The van der Waals surface area contributed by atoms with Gasteiger partial charge in [0.05, 0.1) is 5.92 Å². The maximum Gasteiger partial charge on any atom is 0.298 e. The second-order valence-electron chi connectivity index (χ2n) is 10.4. The van der Waals surface area contributed by atoms with E-state index in [4.69, 9.17) is 4.42 Å². The molecule has 182 valence electrons. The Labute approximate surface area is 199 Å². The van der Waals surface area contributed by atoms with Gasteiger partial charge >= 0.3 is 0 Å². The molecule has 0 spiro atoms. The van der Waals surface area contributed by atoms with Crippen molar-refractivity contribution < 1.29 is 14.0 Å². The molecule has 1 aromatic heterocycles. The Morgan fingerprint density at radius 2 is 1.91 bits per heavy atom. The standard InChI is InChI=1S/C25H34N6O3/c1-16-8-9-31(15-16)25-27-20-7-6-17(14-21(20)34-25)23(33)29-10-12-30(13-11-29)24-26-19-5-3-2-4-18(19)22(32)28-24/h6-7,14,16,18-19,24,26H,2-5,8-13,15H2,1H3,(H,28,32). The third kappa shape index (κ3) is 4.05. The minimum atomic E-state index is -0.138. The molecule has 4 aliphatic rings. The SMILES string of the molecule is CC1CCN(c2nc3ccc(C(=O)N4CCN(C5NC(=O)C6CCCCC6N5)CC4)cc3o2)C1. The molecule has 1 aliphatic carbocycles. The highest BCUT2D eigenvalue weighted by Gasteiger charge is 2.40. The average molecular weight is 467 g/mol. The van der Waals surface area contributed by atoms with Gasteiger partial charge in [-0.1, -0.05) is 19.8 Å². The van der Waals surface area contributed by atoms with E-state index in [1.165, 1.54) is 6.42 Å². The summed E-state index contributed by atoms with van der Waals surface area (Å²) in [5.41, 5.74) is 2.08. The molecule has 3 saturated heterocycles. The van der Waals surface area contributed by atoms with Crippen LogP contribution in [-0.4, -0.2) is 78.2 Å². The molecule has 4 unspecified atom stereocenters. The third-order valence-electron chi connectivity index (χ3n) is 8.04. The predicted octanol–water partition coefficient (Wildman–Crippen LogP) is 1.99. The van der Waals surface area contributed by atoms with Crippen LogP contribution in [0.15, 0.2) is 22.6 Å². The van der Waals surface area contributed by atoms with Crippen molar-refractivity contribution in [1.82, 2.24) is 25.4 Å². The van der Waals surface area contributed by atoms with E-state index in [2.05, 4.69) is 32.3 Å². The molecule has 0 radical (unpaired) electrons. The van der Waals surface area contributed by atoms with Crippen LogP contribution in [0, 0.1) is 11.8 Å². The van der Waals surface area contributed by atoms with E-state index >= 15 is 0 Å². The van der Waals surface area contributed by atoms with Crippen molar-refractivity contribution in [2.75, 3.05) is 44.2 Å². The summed E-state index contributed by atoms with van der Waals surface area (Å²) in [5.74, 6) is 0.942. The molecule has 6 rings (SSSR count). The van der Waals surface area contributed by atoms with Crippen molar-refractivity contribution in [2.45, 2.75) is 51.4 Å². The number of hydrogen-bond donors (Lipinski definition) is 2. The first-order valence-corrected chi connectivity index (χ1v) is 12.8. The number of carbonyl (C=O) groups excluding carboxylic acids is 2. The molecule has 9 heteroatoms. The molecule has 1 saturated carbocycles. The Morgan fingerprint density at radius 3 is 2.71 bits per heavy atom. The molecular weight excluding hydrogens is 432 g/mol. The first-order chi connectivity index (χ1) is 16.5. The lowest BCUT2D eigenvalue weighted by Gasteiger charge is -2.46. The second-order valence-corrected chi connectivity index (χ2v) is 10.4. The van der Waals surface area contributed by atoms with Gasteiger partial charge in [-0.2, -0.15) is 4.98 Å². The minimum absolute atomic E-state index is 0.0160. The van der Waals surface area contributed by atoms with Crippen LogP contribution in [0.25, 0.3) is 11.1 Å². The fraction of sp³-hybridized carbons (Fsp3) is 0.640. The second kappa shape index (κ2) is 8.85. The first kappa shape index (κ1) is 21.9. The van der Waals surface area contributed by atoms with Crippen LogP contribution in [-0.2, 0) is 4.79 Å². The van der Waals surface area contributed by atoms with Crippen molar-refractivity contribution in [3.05, 3.63) is 23.8 Å². The quantitative estimate of drug-likeness (QED) is 0.715. The van der Waals surface area contributed by atoms with E-state index in [1.807, 2.05) is 23.1 Å². The topological polar surface area (TPSA) is 94.0 Å². The maximum atomic E-state index is 13.2. The summed E-state index contributed by atoms with van der Waals surface area (Å²) in [4.78, 5) is 36.8. The summed E-state index contributed by atoms with van der Waals surface area (Å²) in [7, 11) is 0. The number of nitrogens with one attached hydrogen (secondary N) is 2. The van der Waals surface area contributed by atoms with Gasteiger partial charge in [0.2, 0.25) is 5.91 Å². The molecule has 34 heavy (non-hydrogen) atoms. The van der Waals surface area contributed by atoms with E-state index in [0.29, 0.717) is 36.2 Å². The molecule has 0 bridgehead atoms. The van der Waals surface area contributed by atoms with Gasteiger partial charge in [-0.05, 0) is 43.4 Å². The zero-order chi connectivity index (χ0) is 23.2. The Morgan fingerprint density at radius 1 is 1.09 bits per heavy atom. The van der Waals surface area contributed by atoms with Crippen molar-refractivity contribution in [1.29, 1.82) is 0 Å². The molecule has 4 atom stereocenters. The molecule has 9 nitrogen and oxygen atoms in total. The molecule has 2 amide bonds. The lowest BCUT2D eigenvalue weighted by molar-refractivity contribution is -0.134. The highest BCUT2D eigenvalue weighted by molar-refractivity contribution is 5.97. The summed E-state index contributed by atoms with van der Waals surface area (Å²) in [6.07, 6.45) is 5.38. The number of carbonyl (C=O) groups is 2. The summed E-state index contributed by atoms with van der Waals surface area (Å²) in [5, 5.41) is 6.81. The number of nitrogens with zero attached hydrogens (tertiary/aromatic N) is 4. The zero-order valence-corrected chi connectivity index (χ0v) is 19.8. The van der Waals surface area contributed by atoms with Crippen LogP contribution >= 0.6 is 0 Å². The van der Waals surface area contributed by atoms with Gasteiger partial charge in [-0.15, -0.1) is 0 Å². The Balaban J connectivity index is 1.09. The molecule has 2 aromatic rings. The van der Waals surface area contributed by atoms with Gasteiger partial charge in [0.15, 0.2) is 5.58 Å². The Kier molecular flexibility index (Phi) is 5.69. The summed E-state index contributed by atoms with van der Waals surface area (Å²) >= 11 is 0. The van der Waals surface area contributed by atoms with Gasteiger partial charge in [-0.3, -0.25) is 19.8 Å². The van der Waals surface area contributed by atoms with Crippen molar-refractivity contribution in [3.8, 4) is 0 Å². The predicted molar refractivity (Wildman–Crippen MR) is 128 cm³/mol. The average Bonchev–Trinajstić information content (AvgIpc) is 3.49. The molecule has 4 heterocycles. The van der Waals surface area contributed by atoms with Crippen LogP contribution in [0.3, 0.4) is 0 Å². The van der Waals surface area contributed by atoms with Gasteiger partial charge in [0.1, 0.15) is 11.8 Å². The van der Waals surface area contributed by atoms with Gasteiger partial charge in [-0.25, -0.2) is 0 Å². The molecule has 1 aromatic carbocycles. The molecule has 3 aliphatic heterocycles. The van der Waals surface area contributed by atoms with Gasteiger partial charge < -0.3 is 19.5 Å². The van der Waals surface area contributed by atoms with E-state index in [1.54, 1.807) is 0 Å². The summed E-state index contributed by atoms with van der Waals surface area (Å²) in [6.45, 7) is 6.87. The number of fused-ring (bicyclic) bond motifs is 2. The number of anilines is 1.